The molecule has 25 heavy (non-hydrogen) atoms. The first-order chi connectivity index (χ1) is 12.0. The molecule has 1 amide bonds. The second kappa shape index (κ2) is 7.40. The Morgan fingerprint density at radius 3 is 2.72 bits per heavy atom. The van der Waals surface area contributed by atoms with E-state index < -0.39 is 0 Å². The smallest absolute Gasteiger partial charge is 0.277 e. The molecule has 3 aromatic rings. The third-order valence-corrected chi connectivity index (χ3v) is 4.41. The van der Waals surface area contributed by atoms with Crippen LogP contribution in [-0.2, 0) is 4.79 Å². The van der Waals surface area contributed by atoms with Crippen LogP contribution in [0.3, 0.4) is 0 Å². The van der Waals surface area contributed by atoms with Crippen LogP contribution in [0, 0.1) is 13.8 Å². The number of aromatic nitrogens is 2. The van der Waals surface area contributed by atoms with Gasteiger partial charge in [-0.1, -0.05) is 30.0 Å². The van der Waals surface area contributed by atoms with E-state index in [1.54, 1.807) is 25.1 Å². The summed E-state index contributed by atoms with van der Waals surface area (Å²) in [5.41, 5.74) is 3.26. The summed E-state index contributed by atoms with van der Waals surface area (Å²) < 4.78 is 5.61. The standard InChI is InChI=1S/C18H17N3O3S/c1-11-5-3-4-6-14(11)17-20-21-18(24-17)25-10-16(23)19-13-7-8-15(22)12(2)9-13/h3-9,22H,10H2,1-2H3,(H,19,23). The maximum absolute atomic E-state index is 12.0. The molecule has 1 heterocycles. The first kappa shape index (κ1) is 17.0. The van der Waals surface area contributed by atoms with Crippen LogP contribution >= 0.6 is 11.8 Å². The second-order valence-electron chi connectivity index (χ2n) is 5.53. The van der Waals surface area contributed by atoms with Crippen LogP contribution in [-0.4, -0.2) is 27.0 Å². The van der Waals surface area contributed by atoms with Crippen molar-refractivity contribution in [2.75, 3.05) is 11.1 Å². The van der Waals surface area contributed by atoms with Crippen molar-refractivity contribution in [3.05, 3.63) is 53.6 Å². The molecule has 0 radical (unpaired) electrons. The SMILES string of the molecule is Cc1cc(NC(=O)CSc2nnc(-c3ccccc3C)o2)ccc1O. The molecule has 7 heteroatoms. The van der Waals surface area contributed by atoms with E-state index in [4.69, 9.17) is 4.42 Å². The van der Waals surface area contributed by atoms with Gasteiger partial charge in [0.15, 0.2) is 0 Å². The zero-order valence-electron chi connectivity index (χ0n) is 13.8. The van der Waals surface area contributed by atoms with Gasteiger partial charge in [-0.15, -0.1) is 10.2 Å². The Morgan fingerprint density at radius 2 is 1.96 bits per heavy atom. The van der Waals surface area contributed by atoms with E-state index in [-0.39, 0.29) is 17.4 Å². The number of benzene rings is 2. The number of phenolic OH excluding ortho intramolecular Hbond substituents is 1. The minimum Gasteiger partial charge on any atom is -0.508 e. The predicted molar refractivity (Wildman–Crippen MR) is 96.7 cm³/mol. The number of nitrogens with one attached hydrogen (secondary N) is 1. The van der Waals surface area contributed by atoms with Crippen LogP contribution in [0.25, 0.3) is 11.5 Å². The van der Waals surface area contributed by atoms with E-state index in [1.165, 1.54) is 11.8 Å². The Bertz CT molecular complexity index is 908. The minimum atomic E-state index is -0.189. The van der Waals surface area contributed by atoms with Gasteiger partial charge in [0.05, 0.1) is 5.75 Å². The van der Waals surface area contributed by atoms with Crippen molar-refractivity contribution in [3.8, 4) is 17.2 Å². The quantitative estimate of drug-likeness (QED) is 0.535. The van der Waals surface area contributed by atoms with Gasteiger partial charge in [0.2, 0.25) is 11.8 Å². The molecule has 0 saturated carbocycles. The van der Waals surface area contributed by atoms with Crippen LogP contribution in [0.1, 0.15) is 11.1 Å². The lowest BCUT2D eigenvalue weighted by atomic mass is 10.1. The number of phenols is 1. The molecule has 0 aliphatic heterocycles. The Hall–Kier alpha value is -2.80. The summed E-state index contributed by atoms with van der Waals surface area (Å²) in [6.07, 6.45) is 0. The highest BCUT2D eigenvalue weighted by Crippen LogP contribution is 2.26. The molecule has 0 saturated heterocycles. The van der Waals surface area contributed by atoms with Crippen molar-refractivity contribution >= 4 is 23.4 Å². The van der Waals surface area contributed by atoms with E-state index in [0.717, 1.165) is 11.1 Å². The summed E-state index contributed by atoms with van der Waals surface area (Å²) in [7, 11) is 0. The number of nitrogens with zero attached hydrogens (tertiary/aromatic N) is 2. The van der Waals surface area contributed by atoms with Crippen LogP contribution in [0.5, 0.6) is 5.75 Å². The number of anilines is 1. The first-order valence-electron chi connectivity index (χ1n) is 7.64. The topological polar surface area (TPSA) is 88.3 Å². The van der Waals surface area contributed by atoms with Crippen molar-refractivity contribution in [1.29, 1.82) is 0 Å². The first-order valence-corrected chi connectivity index (χ1v) is 8.63. The predicted octanol–water partition coefficient (Wildman–Crippen LogP) is 3.79. The van der Waals surface area contributed by atoms with Crippen LogP contribution in [0.2, 0.25) is 0 Å². The van der Waals surface area contributed by atoms with Crippen molar-refractivity contribution in [3.63, 3.8) is 0 Å². The molecule has 1 aromatic heterocycles. The highest BCUT2D eigenvalue weighted by molar-refractivity contribution is 7.99. The fourth-order valence-corrected chi connectivity index (χ4v) is 2.81. The monoisotopic (exact) mass is 355 g/mol. The van der Waals surface area contributed by atoms with Gasteiger partial charge >= 0.3 is 0 Å². The molecule has 3 rings (SSSR count). The summed E-state index contributed by atoms with van der Waals surface area (Å²) in [4.78, 5) is 12.0. The summed E-state index contributed by atoms with van der Waals surface area (Å²) in [6.45, 7) is 3.74. The van der Waals surface area contributed by atoms with Gasteiger partial charge in [0.25, 0.3) is 5.22 Å². The molecule has 0 atom stereocenters. The van der Waals surface area contributed by atoms with E-state index in [1.807, 2.05) is 31.2 Å². The Morgan fingerprint density at radius 1 is 1.16 bits per heavy atom. The van der Waals surface area contributed by atoms with Crippen LogP contribution in [0.4, 0.5) is 5.69 Å². The lowest BCUT2D eigenvalue weighted by Crippen LogP contribution is -2.14. The molecule has 0 unspecified atom stereocenters. The van der Waals surface area contributed by atoms with E-state index in [2.05, 4.69) is 15.5 Å². The molecule has 0 fully saturated rings. The van der Waals surface area contributed by atoms with Crippen LogP contribution in [0.15, 0.2) is 52.1 Å². The van der Waals surface area contributed by atoms with Crippen molar-refractivity contribution in [2.45, 2.75) is 19.1 Å². The number of carbonyl (C=O) groups excluding carboxylic acids is 1. The van der Waals surface area contributed by atoms with Gasteiger partial charge < -0.3 is 14.8 Å². The molecular formula is C18H17N3O3S. The van der Waals surface area contributed by atoms with Gasteiger partial charge in [0.1, 0.15) is 5.75 Å². The van der Waals surface area contributed by atoms with Gasteiger partial charge in [-0.05, 0) is 49.2 Å². The Kier molecular flexibility index (Phi) is 5.04. The number of amides is 1. The second-order valence-corrected chi connectivity index (χ2v) is 6.45. The number of rotatable bonds is 5. The molecule has 0 aliphatic rings. The van der Waals surface area contributed by atoms with Crippen LogP contribution < -0.4 is 5.32 Å². The maximum atomic E-state index is 12.0. The number of carbonyl (C=O) groups is 1. The van der Waals surface area contributed by atoms with Crippen molar-refractivity contribution in [1.82, 2.24) is 10.2 Å². The fourth-order valence-electron chi connectivity index (χ4n) is 2.25. The lowest BCUT2D eigenvalue weighted by Gasteiger charge is -2.06. The van der Waals surface area contributed by atoms with E-state index in [0.29, 0.717) is 22.4 Å². The molecule has 128 valence electrons. The molecule has 2 N–H and O–H groups in total. The average Bonchev–Trinajstić information content (AvgIpc) is 3.05. The highest BCUT2D eigenvalue weighted by atomic mass is 32.2. The molecule has 0 aliphatic carbocycles. The van der Waals surface area contributed by atoms with Gasteiger partial charge in [-0.25, -0.2) is 0 Å². The largest absolute Gasteiger partial charge is 0.508 e. The molecule has 2 aromatic carbocycles. The number of hydrogen-bond donors (Lipinski definition) is 2. The zero-order valence-corrected chi connectivity index (χ0v) is 14.6. The molecular weight excluding hydrogens is 338 g/mol. The average molecular weight is 355 g/mol. The van der Waals surface area contributed by atoms with Gasteiger partial charge in [-0.3, -0.25) is 4.79 Å². The number of hydrogen-bond acceptors (Lipinski definition) is 6. The summed E-state index contributed by atoms with van der Waals surface area (Å²) in [5.74, 6) is 0.595. The lowest BCUT2D eigenvalue weighted by molar-refractivity contribution is -0.113. The van der Waals surface area contributed by atoms with Crippen molar-refractivity contribution in [2.24, 2.45) is 0 Å². The summed E-state index contributed by atoms with van der Waals surface area (Å²) in [6, 6.07) is 12.6. The molecule has 0 spiro atoms. The highest BCUT2D eigenvalue weighted by Gasteiger charge is 2.13. The summed E-state index contributed by atoms with van der Waals surface area (Å²) >= 11 is 1.17. The molecule has 0 bridgehead atoms. The normalized spacial score (nSPS) is 10.6. The summed E-state index contributed by atoms with van der Waals surface area (Å²) in [5, 5.41) is 20.6. The Balaban J connectivity index is 1.59. The van der Waals surface area contributed by atoms with E-state index in [9.17, 15) is 9.90 Å². The number of thioether (sulfide) groups is 1. The molecule has 6 nitrogen and oxygen atoms in total. The zero-order chi connectivity index (χ0) is 17.8. The van der Waals surface area contributed by atoms with Gasteiger partial charge in [-0.2, -0.15) is 0 Å². The third-order valence-electron chi connectivity index (χ3n) is 3.59. The minimum absolute atomic E-state index is 0.148. The van der Waals surface area contributed by atoms with Crippen molar-refractivity contribution < 1.29 is 14.3 Å². The van der Waals surface area contributed by atoms with Gasteiger partial charge in [0, 0.05) is 11.3 Å². The number of aromatic hydroxyl groups is 1. The Labute approximate surface area is 149 Å². The fraction of sp³-hybridized carbons (Fsp3) is 0.167. The van der Waals surface area contributed by atoms with E-state index >= 15 is 0 Å². The number of aryl methyl sites for hydroxylation is 2. The third kappa shape index (κ3) is 4.19. The maximum Gasteiger partial charge on any atom is 0.277 e.